The number of nitrogens with zero attached hydrogens (tertiary/aromatic N) is 2. The zero-order chi connectivity index (χ0) is 15.0. The maximum Gasteiger partial charge on any atom is 0.319 e. The summed E-state index contributed by atoms with van der Waals surface area (Å²) in [7, 11) is 0. The molecule has 1 atom stereocenters. The van der Waals surface area contributed by atoms with Crippen LogP contribution in [-0.4, -0.2) is 34.1 Å². The van der Waals surface area contributed by atoms with Crippen LogP contribution in [0.5, 0.6) is 0 Å². The molecule has 22 heavy (non-hydrogen) atoms. The molecule has 4 rings (SSSR count). The van der Waals surface area contributed by atoms with Crippen molar-refractivity contribution in [2.24, 2.45) is 0 Å². The van der Waals surface area contributed by atoms with E-state index in [0.29, 0.717) is 6.04 Å². The van der Waals surface area contributed by atoms with Crippen molar-refractivity contribution in [2.45, 2.75) is 69.1 Å². The molecule has 2 N–H and O–H groups in total. The Labute approximate surface area is 130 Å². The topological polar surface area (TPSA) is 68.2 Å². The number of anilines is 1. The van der Waals surface area contributed by atoms with Crippen LogP contribution in [0.3, 0.4) is 0 Å². The van der Waals surface area contributed by atoms with Gasteiger partial charge >= 0.3 is 6.03 Å². The van der Waals surface area contributed by atoms with Gasteiger partial charge in [-0.15, -0.1) is 0 Å². The minimum atomic E-state index is -0.144. The monoisotopic (exact) mass is 304 g/mol. The summed E-state index contributed by atoms with van der Waals surface area (Å²) >= 11 is 0. The second-order valence-electron chi connectivity index (χ2n) is 6.85. The molecule has 120 valence electrons. The molecule has 2 heterocycles. The number of nitrogens with one attached hydrogen (secondary N) is 2. The van der Waals surface area contributed by atoms with E-state index in [1.54, 1.807) is 6.20 Å². The highest BCUT2D eigenvalue weighted by Gasteiger charge is 2.46. The molecular weight excluding hydrogens is 280 g/mol. The summed E-state index contributed by atoms with van der Waals surface area (Å²) in [5, 5.41) is 10.4. The van der Waals surface area contributed by atoms with Crippen molar-refractivity contribution in [1.29, 1.82) is 0 Å². The Balaban J connectivity index is 1.35. The van der Waals surface area contributed by atoms with Crippen molar-refractivity contribution < 1.29 is 9.53 Å². The van der Waals surface area contributed by atoms with Crippen LogP contribution in [-0.2, 0) is 4.74 Å². The highest BCUT2D eigenvalue weighted by Crippen LogP contribution is 2.41. The van der Waals surface area contributed by atoms with Crippen LogP contribution >= 0.6 is 0 Å². The normalized spacial score (nSPS) is 27.0. The number of rotatable bonds is 3. The maximum atomic E-state index is 12.3. The molecule has 2 aliphatic carbocycles. The van der Waals surface area contributed by atoms with Crippen molar-refractivity contribution >= 4 is 11.7 Å². The van der Waals surface area contributed by atoms with Crippen LogP contribution in [0.2, 0.25) is 0 Å². The summed E-state index contributed by atoms with van der Waals surface area (Å²) in [4.78, 5) is 12.3. The lowest BCUT2D eigenvalue weighted by atomic mass is 9.93. The van der Waals surface area contributed by atoms with E-state index >= 15 is 0 Å². The molecule has 1 aliphatic heterocycles. The van der Waals surface area contributed by atoms with E-state index < -0.39 is 0 Å². The van der Waals surface area contributed by atoms with Crippen molar-refractivity contribution in [3.8, 4) is 0 Å². The van der Waals surface area contributed by atoms with Crippen LogP contribution in [0.4, 0.5) is 10.5 Å². The Kier molecular flexibility index (Phi) is 3.56. The van der Waals surface area contributed by atoms with E-state index in [4.69, 9.17) is 4.74 Å². The van der Waals surface area contributed by atoms with Crippen LogP contribution in [0.25, 0.3) is 0 Å². The first-order valence-corrected chi connectivity index (χ1v) is 8.51. The Morgan fingerprint density at radius 1 is 1.27 bits per heavy atom. The molecule has 0 bridgehead atoms. The second-order valence-corrected chi connectivity index (χ2v) is 6.85. The third-order valence-electron chi connectivity index (χ3n) is 5.49. The lowest BCUT2D eigenvalue weighted by molar-refractivity contribution is -0.00230. The lowest BCUT2D eigenvalue weighted by Crippen LogP contribution is -2.49. The van der Waals surface area contributed by atoms with Gasteiger partial charge in [0.15, 0.2) is 0 Å². The van der Waals surface area contributed by atoms with Crippen molar-refractivity contribution in [2.75, 3.05) is 11.9 Å². The quantitative estimate of drug-likeness (QED) is 0.902. The van der Waals surface area contributed by atoms with Gasteiger partial charge in [0, 0.05) is 12.8 Å². The van der Waals surface area contributed by atoms with E-state index in [1.807, 2.05) is 10.9 Å². The molecule has 6 heteroatoms. The number of amides is 2. The third-order valence-corrected chi connectivity index (χ3v) is 5.49. The molecule has 3 aliphatic rings. The van der Waals surface area contributed by atoms with E-state index in [9.17, 15) is 4.79 Å². The Bertz CT molecular complexity index is 541. The molecule has 1 spiro atoms. The summed E-state index contributed by atoms with van der Waals surface area (Å²) in [6.45, 7) is 0.755. The van der Waals surface area contributed by atoms with Crippen LogP contribution < -0.4 is 10.6 Å². The molecule has 1 unspecified atom stereocenters. The third kappa shape index (κ3) is 2.49. The fraction of sp³-hybridized carbons (Fsp3) is 0.750. The van der Waals surface area contributed by atoms with Crippen molar-refractivity contribution in [3.05, 3.63) is 12.4 Å². The van der Waals surface area contributed by atoms with Gasteiger partial charge in [0.05, 0.1) is 29.6 Å². The number of hydrogen-bond donors (Lipinski definition) is 2. The van der Waals surface area contributed by atoms with Crippen LogP contribution in [0, 0.1) is 0 Å². The minimum Gasteiger partial charge on any atom is -0.373 e. The molecule has 1 aromatic rings. The van der Waals surface area contributed by atoms with Crippen LogP contribution in [0.15, 0.2) is 12.4 Å². The fourth-order valence-corrected chi connectivity index (χ4v) is 3.99. The molecule has 2 saturated carbocycles. The van der Waals surface area contributed by atoms with Crippen molar-refractivity contribution in [1.82, 2.24) is 15.1 Å². The predicted molar refractivity (Wildman–Crippen MR) is 82.8 cm³/mol. The number of carbonyl (C=O) groups excluding carboxylic acids is 1. The molecule has 1 aromatic heterocycles. The molecule has 0 aromatic carbocycles. The van der Waals surface area contributed by atoms with E-state index in [0.717, 1.165) is 31.6 Å². The zero-order valence-electron chi connectivity index (χ0n) is 12.9. The first kappa shape index (κ1) is 14.1. The van der Waals surface area contributed by atoms with Gasteiger partial charge in [-0.2, -0.15) is 5.10 Å². The SMILES string of the molecule is O=C(Nc1cnn(C2CCC2)c1)NC1CCOC12CCCC2. The minimum absolute atomic E-state index is 0.104. The molecule has 0 radical (unpaired) electrons. The van der Waals surface area contributed by atoms with E-state index in [1.165, 1.54) is 32.1 Å². The average molecular weight is 304 g/mol. The van der Waals surface area contributed by atoms with Gasteiger partial charge in [-0.25, -0.2) is 4.79 Å². The smallest absolute Gasteiger partial charge is 0.319 e. The molecule has 1 saturated heterocycles. The fourth-order valence-electron chi connectivity index (χ4n) is 3.99. The first-order valence-electron chi connectivity index (χ1n) is 8.51. The molecule has 2 amide bonds. The predicted octanol–water partition coefficient (Wildman–Crippen LogP) is 2.83. The van der Waals surface area contributed by atoms with Gasteiger partial charge in [0.1, 0.15) is 0 Å². The van der Waals surface area contributed by atoms with Crippen LogP contribution in [0.1, 0.15) is 57.4 Å². The summed E-state index contributed by atoms with van der Waals surface area (Å²) in [6, 6.07) is 0.509. The molecule has 3 fully saturated rings. The Morgan fingerprint density at radius 2 is 2.09 bits per heavy atom. The summed E-state index contributed by atoms with van der Waals surface area (Å²) in [5.41, 5.74) is 0.664. The summed E-state index contributed by atoms with van der Waals surface area (Å²) < 4.78 is 7.93. The molecule has 6 nitrogen and oxygen atoms in total. The second kappa shape index (κ2) is 5.57. The number of aromatic nitrogens is 2. The van der Waals surface area contributed by atoms with Gasteiger partial charge in [-0.3, -0.25) is 4.68 Å². The van der Waals surface area contributed by atoms with Gasteiger partial charge in [0.25, 0.3) is 0 Å². The maximum absolute atomic E-state index is 12.3. The average Bonchev–Trinajstić information content (AvgIpc) is 3.14. The number of ether oxygens (including phenoxy) is 1. The number of hydrogen-bond acceptors (Lipinski definition) is 3. The highest BCUT2D eigenvalue weighted by atomic mass is 16.5. The highest BCUT2D eigenvalue weighted by molar-refractivity contribution is 5.89. The standard InChI is InChI=1S/C16H24N4O2/c21-15(18-12-10-17-20(11-12)13-4-3-5-13)19-14-6-9-22-16(14)7-1-2-8-16/h10-11,13-14H,1-9H2,(H2,18,19,21). The number of urea groups is 1. The van der Waals surface area contributed by atoms with Gasteiger partial charge < -0.3 is 15.4 Å². The largest absolute Gasteiger partial charge is 0.373 e. The summed E-state index contributed by atoms with van der Waals surface area (Å²) in [5.74, 6) is 0. The van der Waals surface area contributed by atoms with E-state index in [-0.39, 0.29) is 17.7 Å². The zero-order valence-corrected chi connectivity index (χ0v) is 12.9. The summed E-state index contributed by atoms with van der Waals surface area (Å²) in [6.07, 6.45) is 12.8. The number of carbonyl (C=O) groups is 1. The van der Waals surface area contributed by atoms with E-state index in [2.05, 4.69) is 15.7 Å². The Morgan fingerprint density at radius 3 is 2.82 bits per heavy atom. The lowest BCUT2D eigenvalue weighted by Gasteiger charge is -2.30. The molecular formula is C16H24N4O2. The first-order chi connectivity index (χ1) is 10.8. The Hall–Kier alpha value is -1.56. The van der Waals surface area contributed by atoms with Gasteiger partial charge in [-0.1, -0.05) is 12.8 Å². The van der Waals surface area contributed by atoms with Gasteiger partial charge in [0.2, 0.25) is 0 Å². The van der Waals surface area contributed by atoms with Crippen molar-refractivity contribution in [3.63, 3.8) is 0 Å². The van der Waals surface area contributed by atoms with Gasteiger partial charge in [-0.05, 0) is 38.5 Å².